The number of carbonyl (C=O) groups excluding carboxylic acids is 1. The lowest BCUT2D eigenvalue weighted by Gasteiger charge is -2.24. The SMILES string of the molecule is NS(=O)(=O)c1cccc(CNC(=O)COc2ccc(Cl)cc2C2CCCCC2)c1. The van der Waals surface area contributed by atoms with Crippen molar-refractivity contribution in [2.75, 3.05) is 6.61 Å². The molecule has 2 aromatic carbocycles. The molecule has 0 aromatic heterocycles. The molecule has 0 spiro atoms. The van der Waals surface area contributed by atoms with Crippen molar-refractivity contribution in [1.82, 2.24) is 5.32 Å². The monoisotopic (exact) mass is 436 g/mol. The number of primary sulfonamides is 1. The second kappa shape index (κ2) is 9.61. The second-order valence-electron chi connectivity index (χ2n) is 7.27. The number of nitrogens with two attached hydrogens (primary N) is 1. The standard InChI is InChI=1S/C21H25ClN2O4S/c22-17-9-10-20(19(12-17)16-6-2-1-3-7-16)28-14-21(25)24-13-15-5-4-8-18(11-15)29(23,26)27/h4-5,8-12,16H,1-3,6-7,13-14H2,(H,24,25)(H2,23,26,27). The van der Waals surface area contributed by atoms with Crippen molar-refractivity contribution >= 4 is 27.5 Å². The Bertz CT molecular complexity index is 972. The number of hydrogen-bond acceptors (Lipinski definition) is 4. The number of amides is 1. The Balaban J connectivity index is 1.58. The van der Waals surface area contributed by atoms with Crippen molar-refractivity contribution in [1.29, 1.82) is 0 Å². The van der Waals surface area contributed by atoms with Crippen LogP contribution in [0.15, 0.2) is 47.4 Å². The van der Waals surface area contributed by atoms with Crippen LogP contribution in [-0.4, -0.2) is 20.9 Å². The van der Waals surface area contributed by atoms with Gasteiger partial charge in [-0.3, -0.25) is 4.79 Å². The summed E-state index contributed by atoms with van der Waals surface area (Å²) in [6.45, 7) is 0.0535. The average molecular weight is 437 g/mol. The van der Waals surface area contributed by atoms with E-state index in [0.717, 1.165) is 18.4 Å². The third-order valence-electron chi connectivity index (χ3n) is 5.09. The minimum atomic E-state index is -3.78. The molecule has 8 heteroatoms. The quantitative estimate of drug-likeness (QED) is 0.690. The van der Waals surface area contributed by atoms with Crippen LogP contribution in [0, 0.1) is 0 Å². The van der Waals surface area contributed by atoms with Gasteiger partial charge in [-0.25, -0.2) is 13.6 Å². The zero-order chi connectivity index (χ0) is 20.9. The summed E-state index contributed by atoms with van der Waals surface area (Å²) in [5, 5.41) is 8.53. The summed E-state index contributed by atoms with van der Waals surface area (Å²) in [5.41, 5.74) is 1.70. The van der Waals surface area contributed by atoms with Crippen LogP contribution in [0.4, 0.5) is 0 Å². The lowest BCUT2D eigenvalue weighted by Crippen LogP contribution is -2.28. The largest absolute Gasteiger partial charge is 0.483 e. The summed E-state index contributed by atoms with van der Waals surface area (Å²) in [6, 6.07) is 11.7. The first kappa shape index (κ1) is 21.6. The molecule has 2 aromatic rings. The predicted octanol–water partition coefficient (Wildman–Crippen LogP) is 3.73. The molecule has 0 unspecified atom stereocenters. The summed E-state index contributed by atoms with van der Waals surface area (Å²) in [6.07, 6.45) is 5.83. The van der Waals surface area contributed by atoms with Crippen LogP contribution in [0.2, 0.25) is 5.02 Å². The fourth-order valence-electron chi connectivity index (χ4n) is 3.61. The molecule has 0 heterocycles. The Hall–Kier alpha value is -2.09. The molecule has 1 saturated carbocycles. The zero-order valence-electron chi connectivity index (χ0n) is 16.1. The smallest absolute Gasteiger partial charge is 0.258 e. The van der Waals surface area contributed by atoms with Gasteiger partial charge < -0.3 is 10.1 Å². The highest BCUT2D eigenvalue weighted by Gasteiger charge is 2.20. The fourth-order valence-corrected chi connectivity index (χ4v) is 4.38. The number of carbonyl (C=O) groups is 1. The lowest BCUT2D eigenvalue weighted by atomic mass is 9.84. The minimum absolute atomic E-state index is 0.0128. The Morgan fingerprint density at radius 1 is 1.14 bits per heavy atom. The van der Waals surface area contributed by atoms with E-state index in [2.05, 4.69) is 5.32 Å². The van der Waals surface area contributed by atoms with Crippen LogP contribution in [0.1, 0.15) is 49.1 Å². The molecule has 1 fully saturated rings. The van der Waals surface area contributed by atoms with Gasteiger partial charge in [-0.05, 0) is 60.2 Å². The maximum absolute atomic E-state index is 12.2. The maximum atomic E-state index is 12.2. The van der Waals surface area contributed by atoms with E-state index in [1.54, 1.807) is 18.2 Å². The van der Waals surface area contributed by atoms with Crippen molar-refractivity contribution in [2.45, 2.75) is 49.5 Å². The topological polar surface area (TPSA) is 98.5 Å². The van der Waals surface area contributed by atoms with Gasteiger partial charge in [-0.1, -0.05) is 43.0 Å². The van der Waals surface area contributed by atoms with Gasteiger partial charge in [-0.15, -0.1) is 0 Å². The molecule has 1 amide bonds. The molecule has 1 aliphatic carbocycles. The van der Waals surface area contributed by atoms with E-state index in [4.69, 9.17) is 21.5 Å². The molecule has 0 radical (unpaired) electrons. The van der Waals surface area contributed by atoms with Crippen LogP contribution < -0.4 is 15.2 Å². The normalized spacial score (nSPS) is 15.1. The molecule has 0 aliphatic heterocycles. The van der Waals surface area contributed by atoms with Crippen LogP contribution in [0.3, 0.4) is 0 Å². The third kappa shape index (κ3) is 6.19. The summed E-state index contributed by atoms with van der Waals surface area (Å²) >= 11 is 6.17. The first-order valence-corrected chi connectivity index (χ1v) is 11.6. The molecule has 1 aliphatic rings. The van der Waals surface area contributed by atoms with Gasteiger partial charge in [0.1, 0.15) is 5.75 Å². The molecule has 6 nitrogen and oxygen atoms in total. The molecule has 0 bridgehead atoms. The Morgan fingerprint density at radius 3 is 2.62 bits per heavy atom. The van der Waals surface area contributed by atoms with Crippen molar-refractivity contribution < 1.29 is 17.9 Å². The molecule has 0 saturated heterocycles. The van der Waals surface area contributed by atoms with Gasteiger partial charge in [0, 0.05) is 11.6 Å². The molecule has 29 heavy (non-hydrogen) atoms. The predicted molar refractivity (Wildman–Crippen MR) is 112 cm³/mol. The van der Waals surface area contributed by atoms with Gasteiger partial charge in [0.25, 0.3) is 5.91 Å². The van der Waals surface area contributed by atoms with E-state index in [-0.39, 0.29) is 24.0 Å². The number of rotatable bonds is 7. The highest BCUT2D eigenvalue weighted by molar-refractivity contribution is 7.89. The van der Waals surface area contributed by atoms with Crippen molar-refractivity contribution in [3.8, 4) is 5.75 Å². The minimum Gasteiger partial charge on any atom is -0.483 e. The molecular weight excluding hydrogens is 412 g/mol. The number of nitrogens with one attached hydrogen (secondary N) is 1. The van der Waals surface area contributed by atoms with Crippen molar-refractivity contribution in [3.05, 3.63) is 58.6 Å². The summed E-state index contributed by atoms with van der Waals surface area (Å²) in [4.78, 5) is 12.2. The van der Waals surface area contributed by atoms with E-state index in [9.17, 15) is 13.2 Å². The number of hydrogen-bond donors (Lipinski definition) is 2. The van der Waals surface area contributed by atoms with E-state index in [1.165, 1.54) is 31.4 Å². The fraction of sp³-hybridized carbons (Fsp3) is 0.381. The van der Waals surface area contributed by atoms with Crippen LogP contribution in [-0.2, 0) is 21.4 Å². The Morgan fingerprint density at radius 2 is 1.90 bits per heavy atom. The maximum Gasteiger partial charge on any atom is 0.258 e. The summed E-state index contributed by atoms with van der Waals surface area (Å²) < 4.78 is 28.6. The number of benzene rings is 2. The zero-order valence-corrected chi connectivity index (χ0v) is 17.6. The van der Waals surface area contributed by atoms with Crippen molar-refractivity contribution in [3.63, 3.8) is 0 Å². The average Bonchev–Trinajstić information content (AvgIpc) is 2.71. The van der Waals surface area contributed by atoms with Crippen LogP contribution in [0.5, 0.6) is 5.75 Å². The van der Waals surface area contributed by atoms with E-state index < -0.39 is 10.0 Å². The molecule has 3 N–H and O–H groups in total. The summed E-state index contributed by atoms with van der Waals surface area (Å²) in [7, 11) is -3.78. The van der Waals surface area contributed by atoms with E-state index in [1.807, 2.05) is 12.1 Å². The highest BCUT2D eigenvalue weighted by Crippen LogP contribution is 2.38. The molecule has 0 atom stereocenters. The van der Waals surface area contributed by atoms with E-state index in [0.29, 0.717) is 22.3 Å². The van der Waals surface area contributed by atoms with Gasteiger partial charge >= 0.3 is 0 Å². The Kier molecular flexibility index (Phi) is 7.16. The second-order valence-corrected chi connectivity index (χ2v) is 9.27. The Labute approximate surface area is 176 Å². The summed E-state index contributed by atoms with van der Waals surface area (Å²) in [5.74, 6) is 0.796. The molecule has 156 valence electrons. The van der Waals surface area contributed by atoms with Crippen LogP contribution in [0.25, 0.3) is 0 Å². The third-order valence-corrected chi connectivity index (χ3v) is 6.24. The van der Waals surface area contributed by atoms with Gasteiger partial charge in [-0.2, -0.15) is 0 Å². The van der Waals surface area contributed by atoms with E-state index >= 15 is 0 Å². The number of sulfonamides is 1. The lowest BCUT2D eigenvalue weighted by molar-refractivity contribution is -0.123. The van der Waals surface area contributed by atoms with Crippen molar-refractivity contribution in [2.24, 2.45) is 5.14 Å². The van der Waals surface area contributed by atoms with Gasteiger partial charge in [0.15, 0.2) is 6.61 Å². The van der Waals surface area contributed by atoms with Crippen LogP contribution >= 0.6 is 11.6 Å². The van der Waals surface area contributed by atoms with Gasteiger partial charge in [0.05, 0.1) is 4.90 Å². The number of ether oxygens (including phenoxy) is 1. The first-order chi connectivity index (χ1) is 13.8. The number of halogens is 1. The molecular formula is C21H25ClN2O4S. The first-order valence-electron chi connectivity index (χ1n) is 9.63. The highest BCUT2D eigenvalue weighted by atomic mass is 35.5. The molecule has 3 rings (SSSR count). The van der Waals surface area contributed by atoms with Gasteiger partial charge in [0.2, 0.25) is 10.0 Å².